The van der Waals surface area contributed by atoms with Crippen molar-refractivity contribution in [3.63, 3.8) is 0 Å². The average molecular weight is 660 g/mol. The molecule has 0 fully saturated rings. The Bertz CT molecular complexity index is 1740. The van der Waals surface area contributed by atoms with Crippen molar-refractivity contribution in [2.24, 2.45) is 4.99 Å². The highest BCUT2D eigenvalue weighted by Crippen LogP contribution is 2.39. The number of benzene rings is 2. The molecule has 3 aromatic rings. The minimum atomic E-state index is -0.820. The maximum absolute atomic E-state index is 14.1. The molecule has 1 atom stereocenters. The Kier molecular flexibility index (Phi) is 9.97. The number of ether oxygens (including phenoxy) is 4. The number of hydrogen-bond donors (Lipinski definition) is 0. The number of fused-ring (bicyclic) bond motifs is 1. The molecule has 0 unspecified atom stereocenters. The van der Waals surface area contributed by atoms with E-state index in [-0.39, 0.29) is 23.8 Å². The molecule has 41 heavy (non-hydrogen) atoms. The van der Waals surface area contributed by atoms with Crippen molar-refractivity contribution in [2.45, 2.75) is 32.7 Å². The van der Waals surface area contributed by atoms with Crippen LogP contribution in [0.5, 0.6) is 17.2 Å². The van der Waals surface area contributed by atoms with E-state index in [2.05, 4.69) is 21.9 Å². The van der Waals surface area contributed by atoms with Crippen molar-refractivity contribution in [3.8, 4) is 29.6 Å². The lowest BCUT2D eigenvalue weighted by Crippen LogP contribution is -2.40. The van der Waals surface area contributed by atoms with Crippen molar-refractivity contribution in [1.82, 2.24) is 4.57 Å². The molecule has 2 aromatic carbocycles. The topological polar surface area (TPSA) is 88.4 Å². The molecule has 8 nitrogen and oxygen atoms in total. The van der Waals surface area contributed by atoms with Gasteiger partial charge in [-0.05, 0) is 55.3 Å². The van der Waals surface area contributed by atoms with E-state index in [1.807, 2.05) is 19.1 Å². The maximum Gasteiger partial charge on any atom is 0.338 e. The first kappa shape index (κ1) is 30.4. The van der Waals surface area contributed by atoms with Gasteiger partial charge in [-0.3, -0.25) is 9.36 Å². The van der Waals surface area contributed by atoms with Crippen molar-refractivity contribution < 1.29 is 23.7 Å². The minimum absolute atomic E-state index is 0.0238. The number of esters is 1. The van der Waals surface area contributed by atoms with Gasteiger partial charge in [0.2, 0.25) is 0 Å². The maximum atomic E-state index is 14.1. The van der Waals surface area contributed by atoms with Crippen LogP contribution in [0.1, 0.15) is 43.9 Å². The van der Waals surface area contributed by atoms with Gasteiger partial charge >= 0.3 is 5.97 Å². The summed E-state index contributed by atoms with van der Waals surface area (Å²) in [5.74, 6) is 3.08. The van der Waals surface area contributed by atoms with E-state index in [1.165, 1.54) is 23.0 Å². The Morgan fingerprint density at radius 3 is 2.63 bits per heavy atom. The fraction of sp³-hybridized carbons (Fsp3) is 0.300. The number of rotatable bonds is 10. The lowest BCUT2D eigenvalue weighted by Gasteiger charge is -2.27. The number of halogens is 2. The molecule has 0 N–H and O–H groups in total. The average Bonchev–Trinajstić information content (AvgIpc) is 3.25. The van der Waals surface area contributed by atoms with E-state index in [0.29, 0.717) is 55.4 Å². The number of carbonyl (C=O) groups is 1. The normalized spacial score (nSPS) is 14.7. The molecular weight excluding hydrogens is 632 g/mol. The minimum Gasteiger partial charge on any atom is -0.496 e. The molecule has 1 aromatic heterocycles. The summed E-state index contributed by atoms with van der Waals surface area (Å²) in [4.78, 5) is 32.7. The number of terminal acetylenes is 1. The van der Waals surface area contributed by atoms with Crippen LogP contribution in [-0.4, -0.2) is 38.0 Å². The van der Waals surface area contributed by atoms with Gasteiger partial charge in [-0.15, -0.1) is 6.42 Å². The summed E-state index contributed by atoms with van der Waals surface area (Å²) in [5, 5.41) is 0.283. The van der Waals surface area contributed by atoms with Crippen molar-refractivity contribution >= 4 is 50.9 Å². The molecule has 0 saturated carbocycles. The molecule has 4 rings (SSSR count). The van der Waals surface area contributed by atoms with Crippen LogP contribution in [0.4, 0.5) is 0 Å². The highest BCUT2D eigenvalue weighted by Gasteiger charge is 2.36. The van der Waals surface area contributed by atoms with Crippen LogP contribution in [0, 0.1) is 12.3 Å². The van der Waals surface area contributed by atoms with Gasteiger partial charge < -0.3 is 18.9 Å². The monoisotopic (exact) mass is 658 g/mol. The molecule has 0 aliphatic carbocycles. The van der Waals surface area contributed by atoms with Gasteiger partial charge in [0.15, 0.2) is 16.3 Å². The van der Waals surface area contributed by atoms with Crippen LogP contribution < -0.4 is 29.1 Å². The fourth-order valence-corrected chi connectivity index (χ4v) is 6.23. The van der Waals surface area contributed by atoms with Crippen LogP contribution in [0.3, 0.4) is 0 Å². The van der Waals surface area contributed by atoms with Crippen molar-refractivity contribution in [1.29, 1.82) is 0 Å². The Morgan fingerprint density at radius 2 is 1.98 bits per heavy atom. The highest BCUT2D eigenvalue weighted by molar-refractivity contribution is 9.10. The zero-order chi connectivity index (χ0) is 29.7. The van der Waals surface area contributed by atoms with E-state index in [9.17, 15) is 9.59 Å². The summed E-state index contributed by atoms with van der Waals surface area (Å²) < 4.78 is 24.8. The van der Waals surface area contributed by atoms with Crippen LogP contribution in [0.25, 0.3) is 6.08 Å². The number of allylic oxidation sites excluding steroid dienone is 1. The third-order valence-corrected chi connectivity index (χ3v) is 7.98. The second-order valence-corrected chi connectivity index (χ2v) is 11.2. The van der Waals surface area contributed by atoms with E-state index in [0.717, 1.165) is 10.9 Å². The molecule has 0 saturated heterocycles. The van der Waals surface area contributed by atoms with Gasteiger partial charge in [-0.1, -0.05) is 58.1 Å². The molecule has 214 valence electrons. The van der Waals surface area contributed by atoms with Gasteiger partial charge in [0.1, 0.15) is 18.4 Å². The molecule has 0 bridgehead atoms. The summed E-state index contributed by atoms with van der Waals surface area (Å²) in [7, 11) is 3.04. The van der Waals surface area contributed by atoms with E-state index in [1.54, 1.807) is 38.3 Å². The first-order chi connectivity index (χ1) is 19.8. The first-order valence-electron chi connectivity index (χ1n) is 12.8. The van der Waals surface area contributed by atoms with Gasteiger partial charge in [0.25, 0.3) is 5.56 Å². The molecule has 1 aliphatic rings. The molecule has 2 heterocycles. The third kappa shape index (κ3) is 6.22. The molecule has 0 radical (unpaired) electrons. The zero-order valence-electron chi connectivity index (χ0n) is 23.0. The Morgan fingerprint density at radius 1 is 1.22 bits per heavy atom. The largest absolute Gasteiger partial charge is 0.496 e. The second-order valence-electron chi connectivity index (χ2n) is 8.83. The molecule has 1 aliphatic heterocycles. The molecule has 11 heteroatoms. The summed E-state index contributed by atoms with van der Waals surface area (Å²) >= 11 is 11.2. The summed E-state index contributed by atoms with van der Waals surface area (Å²) in [6.07, 6.45) is 8.28. The predicted octanol–water partition coefficient (Wildman–Crippen LogP) is 5.02. The van der Waals surface area contributed by atoms with E-state index >= 15 is 0 Å². The lowest BCUT2D eigenvalue weighted by atomic mass is 9.93. The van der Waals surface area contributed by atoms with Crippen LogP contribution in [0.2, 0.25) is 5.02 Å². The highest BCUT2D eigenvalue weighted by atomic mass is 79.9. The van der Waals surface area contributed by atoms with E-state index in [4.69, 9.17) is 42.0 Å². The van der Waals surface area contributed by atoms with Gasteiger partial charge in [0, 0.05) is 10.0 Å². The molecular formula is C30H28BrClN2O6S. The fourth-order valence-electron chi connectivity index (χ4n) is 4.56. The predicted molar refractivity (Wildman–Crippen MR) is 163 cm³/mol. The lowest BCUT2D eigenvalue weighted by molar-refractivity contribution is -0.139. The van der Waals surface area contributed by atoms with Gasteiger partial charge in [-0.25, -0.2) is 9.79 Å². The number of nitrogens with zero attached hydrogens (tertiary/aromatic N) is 2. The van der Waals surface area contributed by atoms with Crippen LogP contribution in [-0.2, 0) is 9.53 Å². The van der Waals surface area contributed by atoms with Gasteiger partial charge in [-0.2, -0.15) is 0 Å². The quantitative estimate of drug-likeness (QED) is 0.224. The number of methoxy groups -OCH3 is 2. The number of thiazole rings is 1. The zero-order valence-corrected chi connectivity index (χ0v) is 26.1. The Labute approximate surface area is 255 Å². The summed E-state index contributed by atoms with van der Waals surface area (Å²) in [5.41, 5.74) is 1.79. The SMILES string of the molecule is C#CCOc1c(Cl)cc(/C=c2/sc3n(c2=O)[C@@H](c2cc(Br)ccc2OC)C(C(=O)OCC)=C(CCC)N=3)cc1OC. The third-order valence-electron chi connectivity index (χ3n) is 6.23. The number of hydrogen-bond acceptors (Lipinski definition) is 8. The number of aromatic nitrogens is 1. The smallest absolute Gasteiger partial charge is 0.338 e. The number of carbonyl (C=O) groups excluding carboxylic acids is 1. The van der Waals surface area contributed by atoms with Crippen LogP contribution in [0.15, 0.2) is 55.9 Å². The summed E-state index contributed by atoms with van der Waals surface area (Å²) in [6, 6.07) is 8.01. The Hall–Kier alpha value is -3.52. The standard InChI is InChI=1S/C30H28BrClN2O6S/c1-6-9-21-25(29(36)39-8-3)26(19-16-18(31)10-11-22(19)37-4)34-28(35)24(41-30(34)33-21)15-17-13-20(32)27(40-12-7-2)23(14-17)38-5/h2,10-11,13-16,26H,6,8-9,12H2,1,3-5H3/b24-15+/t26-/m0/s1. The Balaban J connectivity index is 2.00. The first-order valence-corrected chi connectivity index (χ1v) is 14.8. The van der Waals surface area contributed by atoms with E-state index < -0.39 is 12.0 Å². The molecule has 0 spiro atoms. The van der Waals surface area contributed by atoms with Gasteiger partial charge in [0.05, 0.1) is 41.7 Å². The second kappa shape index (κ2) is 13.4. The summed E-state index contributed by atoms with van der Waals surface area (Å²) in [6.45, 7) is 3.95. The molecule has 0 amide bonds. The van der Waals surface area contributed by atoms with Crippen LogP contribution >= 0.6 is 38.9 Å². The van der Waals surface area contributed by atoms with Crippen molar-refractivity contribution in [3.05, 3.63) is 81.9 Å². The van der Waals surface area contributed by atoms with Crippen molar-refractivity contribution in [2.75, 3.05) is 27.4 Å².